The Balaban J connectivity index is 1.61. The van der Waals surface area contributed by atoms with E-state index in [1.165, 1.54) is 0 Å². The van der Waals surface area contributed by atoms with E-state index >= 15 is 0 Å². The van der Waals surface area contributed by atoms with Gasteiger partial charge in [0.1, 0.15) is 5.82 Å². The van der Waals surface area contributed by atoms with Gasteiger partial charge in [0.05, 0.1) is 7.11 Å². The van der Waals surface area contributed by atoms with Gasteiger partial charge in [-0.1, -0.05) is 6.07 Å². The van der Waals surface area contributed by atoms with Crippen LogP contribution >= 0.6 is 0 Å². The maximum absolute atomic E-state index is 5.20. The molecule has 1 fully saturated rings. The van der Waals surface area contributed by atoms with E-state index in [1.807, 2.05) is 24.4 Å². The highest BCUT2D eigenvalue weighted by Crippen LogP contribution is 2.28. The average Bonchev–Trinajstić information content (AvgIpc) is 3.06. The van der Waals surface area contributed by atoms with Crippen molar-refractivity contribution in [1.82, 2.24) is 24.6 Å². The molecule has 1 atom stereocenters. The minimum Gasteiger partial charge on any atom is -0.481 e. The summed E-state index contributed by atoms with van der Waals surface area (Å²) in [7, 11) is 1.62. The van der Waals surface area contributed by atoms with Crippen molar-refractivity contribution in [3.8, 4) is 5.88 Å². The second-order valence-corrected chi connectivity index (χ2v) is 5.67. The molecule has 0 spiro atoms. The van der Waals surface area contributed by atoms with Crippen LogP contribution in [-0.2, 0) is 0 Å². The summed E-state index contributed by atoms with van der Waals surface area (Å²) in [5.41, 5.74) is 0.886. The minimum atomic E-state index is 0.316. The first-order valence-electron chi connectivity index (χ1n) is 7.77. The molecule has 3 aromatic rings. The SMILES string of the molecule is COc1ccnc(N2CCC[C@@H](c3nnc4ccccn34)C2)n1. The van der Waals surface area contributed by atoms with Crippen LogP contribution in [0.15, 0.2) is 36.7 Å². The number of nitrogens with zero attached hydrogens (tertiary/aromatic N) is 6. The number of pyridine rings is 1. The Hall–Kier alpha value is -2.70. The highest BCUT2D eigenvalue weighted by atomic mass is 16.5. The van der Waals surface area contributed by atoms with E-state index < -0.39 is 0 Å². The Morgan fingerprint density at radius 3 is 3.09 bits per heavy atom. The van der Waals surface area contributed by atoms with E-state index in [2.05, 4.69) is 29.5 Å². The zero-order chi connectivity index (χ0) is 15.6. The molecule has 1 aliphatic heterocycles. The fourth-order valence-electron chi connectivity index (χ4n) is 3.11. The number of piperidine rings is 1. The summed E-state index contributed by atoms with van der Waals surface area (Å²) >= 11 is 0. The molecule has 0 aliphatic carbocycles. The molecule has 4 heterocycles. The van der Waals surface area contributed by atoms with Crippen LogP contribution in [-0.4, -0.2) is 44.8 Å². The molecule has 7 heteroatoms. The maximum Gasteiger partial charge on any atom is 0.228 e. The topological polar surface area (TPSA) is 68.4 Å². The molecule has 0 bridgehead atoms. The number of fused-ring (bicyclic) bond motifs is 1. The summed E-state index contributed by atoms with van der Waals surface area (Å²) < 4.78 is 7.27. The highest BCUT2D eigenvalue weighted by Gasteiger charge is 2.26. The Labute approximate surface area is 134 Å². The van der Waals surface area contributed by atoms with Crippen molar-refractivity contribution in [2.24, 2.45) is 0 Å². The molecule has 0 radical (unpaired) electrons. The third kappa shape index (κ3) is 2.58. The average molecular weight is 310 g/mol. The Bertz CT molecular complexity index is 817. The van der Waals surface area contributed by atoms with E-state index in [9.17, 15) is 0 Å². The molecule has 7 nitrogen and oxygen atoms in total. The van der Waals surface area contributed by atoms with Crippen molar-refractivity contribution in [2.75, 3.05) is 25.1 Å². The van der Waals surface area contributed by atoms with E-state index in [-0.39, 0.29) is 0 Å². The molecule has 118 valence electrons. The molecule has 0 unspecified atom stereocenters. The molecule has 0 amide bonds. The maximum atomic E-state index is 5.20. The molecule has 1 saturated heterocycles. The lowest BCUT2D eigenvalue weighted by Gasteiger charge is -2.31. The zero-order valence-corrected chi connectivity index (χ0v) is 13.0. The Morgan fingerprint density at radius 1 is 1.22 bits per heavy atom. The van der Waals surface area contributed by atoms with Gasteiger partial charge in [-0.3, -0.25) is 4.40 Å². The minimum absolute atomic E-state index is 0.316. The van der Waals surface area contributed by atoms with Crippen LogP contribution in [0.5, 0.6) is 5.88 Å². The van der Waals surface area contributed by atoms with Gasteiger partial charge in [-0.2, -0.15) is 4.98 Å². The molecule has 1 aliphatic rings. The number of methoxy groups -OCH3 is 1. The monoisotopic (exact) mass is 310 g/mol. The van der Waals surface area contributed by atoms with Gasteiger partial charge in [0.2, 0.25) is 11.8 Å². The smallest absolute Gasteiger partial charge is 0.228 e. The molecule has 0 saturated carbocycles. The van der Waals surface area contributed by atoms with Crippen molar-refractivity contribution < 1.29 is 4.74 Å². The highest BCUT2D eigenvalue weighted by molar-refractivity contribution is 5.39. The molecular formula is C16H18N6O. The molecule has 0 N–H and O–H groups in total. The quantitative estimate of drug-likeness (QED) is 0.736. The number of aromatic nitrogens is 5. The normalized spacial score (nSPS) is 18.3. The van der Waals surface area contributed by atoms with Crippen molar-refractivity contribution in [3.63, 3.8) is 0 Å². The fourth-order valence-corrected chi connectivity index (χ4v) is 3.11. The number of hydrogen-bond acceptors (Lipinski definition) is 6. The lowest BCUT2D eigenvalue weighted by atomic mass is 9.97. The number of hydrogen-bond donors (Lipinski definition) is 0. The van der Waals surface area contributed by atoms with Gasteiger partial charge < -0.3 is 9.64 Å². The first kappa shape index (κ1) is 13.9. The summed E-state index contributed by atoms with van der Waals surface area (Å²) in [6.45, 7) is 1.78. The summed E-state index contributed by atoms with van der Waals surface area (Å²) in [6, 6.07) is 7.72. The standard InChI is InChI=1S/C16H18N6O/c1-23-14-7-8-17-16(18-14)21-9-4-5-12(11-21)15-20-19-13-6-2-3-10-22(13)15/h2-3,6-8,10,12H,4-5,9,11H2,1H3/t12-/m1/s1. The largest absolute Gasteiger partial charge is 0.481 e. The summed E-state index contributed by atoms with van der Waals surface area (Å²) in [4.78, 5) is 11.0. The van der Waals surface area contributed by atoms with Gasteiger partial charge in [-0.25, -0.2) is 4.98 Å². The third-order valence-corrected chi connectivity index (χ3v) is 4.24. The Kier molecular flexibility index (Phi) is 3.53. The lowest BCUT2D eigenvalue weighted by Crippen LogP contribution is -2.36. The van der Waals surface area contributed by atoms with Crippen LogP contribution in [0.2, 0.25) is 0 Å². The number of rotatable bonds is 3. The first-order valence-corrected chi connectivity index (χ1v) is 7.77. The fraction of sp³-hybridized carbons (Fsp3) is 0.375. The second kappa shape index (κ2) is 5.83. The first-order chi connectivity index (χ1) is 11.3. The van der Waals surface area contributed by atoms with E-state index in [0.717, 1.165) is 37.4 Å². The van der Waals surface area contributed by atoms with Crippen LogP contribution in [0.3, 0.4) is 0 Å². The summed E-state index contributed by atoms with van der Waals surface area (Å²) in [5.74, 6) is 2.62. The van der Waals surface area contributed by atoms with Crippen LogP contribution in [0.25, 0.3) is 5.65 Å². The van der Waals surface area contributed by atoms with Crippen LogP contribution < -0.4 is 9.64 Å². The van der Waals surface area contributed by atoms with Gasteiger partial charge >= 0.3 is 0 Å². The van der Waals surface area contributed by atoms with Crippen LogP contribution in [0, 0.1) is 0 Å². The molecule has 0 aromatic carbocycles. The Morgan fingerprint density at radius 2 is 2.17 bits per heavy atom. The predicted octanol–water partition coefficient (Wildman–Crippen LogP) is 1.91. The van der Waals surface area contributed by atoms with E-state index in [4.69, 9.17) is 4.74 Å². The van der Waals surface area contributed by atoms with Gasteiger partial charge in [-0.05, 0) is 25.0 Å². The predicted molar refractivity (Wildman–Crippen MR) is 85.8 cm³/mol. The van der Waals surface area contributed by atoms with Crippen molar-refractivity contribution >= 4 is 11.6 Å². The third-order valence-electron chi connectivity index (χ3n) is 4.24. The van der Waals surface area contributed by atoms with Gasteiger partial charge in [0.15, 0.2) is 5.65 Å². The second-order valence-electron chi connectivity index (χ2n) is 5.67. The molecule has 4 rings (SSSR count). The molecule has 3 aromatic heterocycles. The summed E-state index contributed by atoms with van der Waals surface area (Å²) in [5, 5.41) is 8.66. The van der Waals surface area contributed by atoms with Gasteiger partial charge in [0.25, 0.3) is 0 Å². The van der Waals surface area contributed by atoms with Crippen molar-refractivity contribution in [2.45, 2.75) is 18.8 Å². The summed E-state index contributed by atoms with van der Waals surface area (Å²) in [6.07, 6.45) is 5.92. The lowest BCUT2D eigenvalue weighted by molar-refractivity contribution is 0.395. The van der Waals surface area contributed by atoms with Crippen LogP contribution in [0.1, 0.15) is 24.6 Å². The van der Waals surface area contributed by atoms with Crippen molar-refractivity contribution in [3.05, 3.63) is 42.5 Å². The zero-order valence-electron chi connectivity index (χ0n) is 13.0. The van der Waals surface area contributed by atoms with Crippen molar-refractivity contribution in [1.29, 1.82) is 0 Å². The van der Waals surface area contributed by atoms with E-state index in [1.54, 1.807) is 19.4 Å². The van der Waals surface area contributed by atoms with E-state index in [0.29, 0.717) is 17.7 Å². The van der Waals surface area contributed by atoms with Gasteiger partial charge in [-0.15, -0.1) is 10.2 Å². The molecular weight excluding hydrogens is 292 g/mol. The number of ether oxygens (including phenoxy) is 1. The van der Waals surface area contributed by atoms with Gasteiger partial charge in [0, 0.05) is 37.5 Å². The number of anilines is 1. The molecule has 23 heavy (non-hydrogen) atoms. The van der Waals surface area contributed by atoms with Crippen LogP contribution in [0.4, 0.5) is 5.95 Å².